The Morgan fingerprint density at radius 3 is 2.61 bits per heavy atom. The molecule has 0 saturated carbocycles. The number of carbonyl (C=O) groups excluding carboxylic acids is 1. The highest BCUT2D eigenvalue weighted by molar-refractivity contribution is 5.88. The van der Waals surface area contributed by atoms with Crippen LogP contribution >= 0.6 is 0 Å². The Bertz CT molecular complexity index is 637. The fourth-order valence-corrected chi connectivity index (χ4v) is 2.35. The summed E-state index contributed by atoms with van der Waals surface area (Å²) in [6, 6.07) is 11.8. The lowest BCUT2D eigenvalue weighted by molar-refractivity contribution is 0.245. The molecule has 0 aliphatic rings. The van der Waals surface area contributed by atoms with Gasteiger partial charge >= 0.3 is 6.03 Å². The van der Waals surface area contributed by atoms with Crippen molar-refractivity contribution in [1.82, 2.24) is 15.8 Å². The number of nitrogens with zero attached hydrogens (tertiary/aromatic N) is 1. The standard InChI is InChI=1S/C17H24N4O2/c1-12-10-15(21-23-12)19-16(22)18-11-17(3,4)20-13(2)14-8-6-5-7-9-14/h5-10,13,20H,11H2,1-4H3,(H2,18,19,21,22). The first-order valence-electron chi connectivity index (χ1n) is 7.66. The number of anilines is 1. The van der Waals surface area contributed by atoms with Crippen LogP contribution in [0, 0.1) is 6.92 Å². The maximum absolute atomic E-state index is 11.9. The van der Waals surface area contributed by atoms with Crippen molar-refractivity contribution >= 4 is 11.8 Å². The van der Waals surface area contributed by atoms with Crippen LogP contribution in [0.3, 0.4) is 0 Å². The van der Waals surface area contributed by atoms with E-state index in [4.69, 9.17) is 4.52 Å². The Balaban J connectivity index is 1.82. The second-order valence-corrected chi connectivity index (χ2v) is 6.29. The molecule has 0 aliphatic carbocycles. The summed E-state index contributed by atoms with van der Waals surface area (Å²) in [6.45, 7) is 8.45. The van der Waals surface area contributed by atoms with Crippen molar-refractivity contribution in [2.75, 3.05) is 11.9 Å². The van der Waals surface area contributed by atoms with Crippen molar-refractivity contribution in [2.45, 2.75) is 39.3 Å². The second kappa shape index (κ2) is 7.28. The van der Waals surface area contributed by atoms with Gasteiger partial charge in [-0.1, -0.05) is 35.5 Å². The van der Waals surface area contributed by atoms with Gasteiger partial charge in [-0.25, -0.2) is 4.79 Å². The summed E-state index contributed by atoms with van der Waals surface area (Å²) >= 11 is 0. The van der Waals surface area contributed by atoms with E-state index in [0.717, 1.165) is 0 Å². The molecule has 1 aromatic carbocycles. The Morgan fingerprint density at radius 2 is 2.00 bits per heavy atom. The highest BCUT2D eigenvalue weighted by Gasteiger charge is 2.21. The lowest BCUT2D eigenvalue weighted by Gasteiger charge is -2.30. The van der Waals surface area contributed by atoms with Crippen molar-refractivity contribution in [3.8, 4) is 0 Å². The first-order valence-corrected chi connectivity index (χ1v) is 7.66. The van der Waals surface area contributed by atoms with Gasteiger partial charge in [-0.05, 0) is 33.3 Å². The highest BCUT2D eigenvalue weighted by Crippen LogP contribution is 2.15. The molecule has 2 aromatic rings. The number of aromatic nitrogens is 1. The van der Waals surface area contributed by atoms with Gasteiger partial charge in [0, 0.05) is 24.2 Å². The summed E-state index contributed by atoms with van der Waals surface area (Å²) in [5.41, 5.74) is 0.954. The van der Waals surface area contributed by atoms with Gasteiger partial charge in [0.2, 0.25) is 0 Å². The van der Waals surface area contributed by atoms with Crippen molar-refractivity contribution in [2.24, 2.45) is 0 Å². The lowest BCUT2D eigenvalue weighted by Crippen LogP contribution is -2.50. The van der Waals surface area contributed by atoms with Gasteiger partial charge in [0.15, 0.2) is 5.82 Å². The third kappa shape index (κ3) is 5.41. The van der Waals surface area contributed by atoms with Crippen molar-refractivity contribution in [3.63, 3.8) is 0 Å². The van der Waals surface area contributed by atoms with Gasteiger partial charge in [-0.15, -0.1) is 0 Å². The Hall–Kier alpha value is -2.34. The van der Waals surface area contributed by atoms with E-state index < -0.39 is 0 Å². The third-order valence-corrected chi connectivity index (χ3v) is 3.47. The number of carbonyl (C=O) groups is 1. The molecule has 0 saturated heterocycles. The molecule has 2 amide bonds. The van der Waals surface area contributed by atoms with Gasteiger partial charge < -0.3 is 15.2 Å². The molecule has 0 radical (unpaired) electrons. The first-order chi connectivity index (χ1) is 10.9. The zero-order chi connectivity index (χ0) is 16.9. The van der Waals surface area contributed by atoms with Gasteiger partial charge in [0.25, 0.3) is 0 Å². The molecule has 1 aromatic heterocycles. The summed E-state index contributed by atoms with van der Waals surface area (Å²) < 4.78 is 4.91. The maximum Gasteiger partial charge on any atom is 0.320 e. The first kappa shape index (κ1) is 17.0. The van der Waals surface area contributed by atoms with E-state index in [1.54, 1.807) is 13.0 Å². The normalized spacial score (nSPS) is 12.7. The molecule has 6 nitrogen and oxygen atoms in total. The molecule has 6 heteroatoms. The van der Waals surface area contributed by atoms with E-state index in [9.17, 15) is 4.79 Å². The Kier molecular flexibility index (Phi) is 5.39. The molecule has 0 aliphatic heterocycles. The predicted octanol–water partition coefficient (Wildman–Crippen LogP) is 3.23. The zero-order valence-electron chi connectivity index (χ0n) is 14.0. The molecule has 124 valence electrons. The summed E-state index contributed by atoms with van der Waals surface area (Å²) in [7, 11) is 0. The van der Waals surface area contributed by atoms with E-state index in [2.05, 4.69) is 40.2 Å². The summed E-state index contributed by atoms with van der Waals surface area (Å²) in [5.74, 6) is 1.06. The minimum absolute atomic E-state index is 0.189. The number of nitrogens with one attached hydrogen (secondary N) is 3. The van der Waals surface area contributed by atoms with Crippen LogP contribution in [0.4, 0.5) is 10.6 Å². The average Bonchev–Trinajstić information content (AvgIpc) is 2.91. The molecule has 1 atom stereocenters. The summed E-state index contributed by atoms with van der Waals surface area (Å²) in [4.78, 5) is 11.9. The number of hydrogen-bond donors (Lipinski definition) is 3. The second-order valence-electron chi connectivity index (χ2n) is 6.29. The molecule has 3 N–H and O–H groups in total. The van der Waals surface area contributed by atoms with Gasteiger partial charge in [-0.3, -0.25) is 5.32 Å². The number of benzene rings is 1. The van der Waals surface area contributed by atoms with Gasteiger partial charge in [0.1, 0.15) is 5.76 Å². The Labute approximate surface area is 136 Å². The van der Waals surface area contributed by atoms with Crippen LogP contribution in [0.25, 0.3) is 0 Å². The summed E-state index contributed by atoms with van der Waals surface area (Å²) in [6.07, 6.45) is 0. The van der Waals surface area contributed by atoms with Gasteiger partial charge in [0.05, 0.1) is 0 Å². The average molecular weight is 316 g/mol. The highest BCUT2D eigenvalue weighted by atomic mass is 16.5. The number of amides is 2. The van der Waals surface area contributed by atoms with Crippen molar-refractivity contribution in [3.05, 3.63) is 47.7 Å². The SMILES string of the molecule is Cc1cc(NC(=O)NCC(C)(C)NC(C)c2ccccc2)no1. The van der Waals surface area contributed by atoms with Crippen molar-refractivity contribution in [1.29, 1.82) is 0 Å². The fraction of sp³-hybridized carbons (Fsp3) is 0.412. The molecule has 0 bridgehead atoms. The minimum atomic E-state index is -0.305. The number of urea groups is 1. The molecule has 1 heterocycles. The summed E-state index contributed by atoms with van der Waals surface area (Å²) in [5, 5.41) is 12.7. The largest absolute Gasteiger partial charge is 0.360 e. The van der Waals surface area contributed by atoms with Crippen LogP contribution in [-0.4, -0.2) is 23.3 Å². The fourth-order valence-electron chi connectivity index (χ4n) is 2.35. The van der Waals surface area contributed by atoms with Crippen LogP contribution < -0.4 is 16.0 Å². The van der Waals surface area contributed by atoms with Gasteiger partial charge in [-0.2, -0.15) is 0 Å². The zero-order valence-corrected chi connectivity index (χ0v) is 14.0. The number of rotatable bonds is 6. The van der Waals surface area contributed by atoms with E-state index in [1.807, 2.05) is 32.0 Å². The molecule has 1 unspecified atom stereocenters. The molecule has 23 heavy (non-hydrogen) atoms. The van der Waals surface area contributed by atoms with Crippen LogP contribution in [-0.2, 0) is 0 Å². The molecular formula is C17H24N4O2. The third-order valence-electron chi connectivity index (χ3n) is 3.47. The lowest BCUT2D eigenvalue weighted by atomic mass is 10.0. The van der Waals surface area contributed by atoms with E-state index >= 15 is 0 Å². The molecular weight excluding hydrogens is 292 g/mol. The van der Waals surface area contributed by atoms with Crippen LogP contribution in [0.2, 0.25) is 0 Å². The van der Waals surface area contributed by atoms with Crippen LogP contribution in [0.5, 0.6) is 0 Å². The minimum Gasteiger partial charge on any atom is -0.360 e. The van der Waals surface area contributed by atoms with E-state index in [1.165, 1.54) is 5.56 Å². The van der Waals surface area contributed by atoms with E-state index in [-0.39, 0.29) is 17.6 Å². The monoisotopic (exact) mass is 316 g/mol. The molecule has 2 rings (SSSR count). The van der Waals surface area contributed by atoms with Crippen molar-refractivity contribution < 1.29 is 9.32 Å². The smallest absolute Gasteiger partial charge is 0.320 e. The number of aryl methyl sites for hydroxylation is 1. The van der Waals surface area contributed by atoms with Crippen LogP contribution in [0.1, 0.15) is 38.1 Å². The number of hydrogen-bond acceptors (Lipinski definition) is 4. The molecule has 0 fully saturated rings. The maximum atomic E-state index is 11.9. The Morgan fingerprint density at radius 1 is 1.30 bits per heavy atom. The predicted molar refractivity (Wildman–Crippen MR) is 90.3 cm³/mol. The topological polar surface area (TPSA) is 79.2 Å². The van der Waals surface area contributed by atoms with Crippen LogP contribution in [0.15, 0.2) is 40.9 Å². The van der Waals surface area contributed by atoms with E-state index in [0.29, 0.717) is 18.1 Å². The quantitative estimate of drug-likeness (QED) is 0.764. The molecule has 0 spiro atoms.